The third-order valence-electron chi connectivity index (χ3n) is 2.17. The summed E-state index contributed by atoms with van der Waals surface area (Å²) in [7, 11) is 1.65. The van der Waals surface area contributed by atoms with Crippen molar-refractivity contribution in [3.63, 3.8) is 0 Å². The molecule has 2 rings (SSSR count). The Morgan fingerprint density at radius 1 is 1.06 bits per heavy atom. The van der Waals surface area contributed by atoms with Gasteiger partial charge < -0.3 is 4.74 Å². The fourth-order valence-corrected chi connectivity index (χ4v) is 1.38. The zero-order valence-electron chi connectivity index (χ0n) is 10.0. The summed E-state index contributed by atoms with van der Waals surface area (Å²) in [6.45, 7) is 0. The van der Waals surface area contributed by atoms with E-state index >= 15 is 0 Å². The second kappa shape index (κ2) is 8.25. The second-order valence-electron chi connectivity index (χ2n) is 3.41. The number of methoxy groups -OCH3 is 1. The van der Waals surface area contributed by atoms with E-state index < -0.39 is 0 Å². The van der Waals surface area contributed by atoms with E-state index in [0.717, 1.165) is 11.3 Å². The van der Waals surface area contributed by atoms with E-state index in [0.29, 0.717) is 11.6 Å². The number of nitrogens with zero attached hydrogens (tertiary/aromatic N) is 1. The van der Waals surface area contributed by atoms with Crippen molar-refractivity contribution in [3.05, 3.63) is 65.1 Å². The zero-order chi connectivity index (χ0) is 13.2. The van der Waals surface area contributed by atoms with Crippen molar-refractivity contribution in [1.29, 1.82) is 0 Å². The molecule has 3 nitrogen and oxygen atoms in total. The minimum Gasteiger partial charge on any atom is -0.497 e. The van der Waals surface area contributed by atoms with Gasteiger partial charge in [-0.15, -0.1) is 16.5 Å². The monoisotopic (exact) mass is 263 g/mol. The van der Waals surface area contributed by atoms with Crippen LogP contribution in [-0.4, -0.2) is 7.11 Å². The molecule has 0 fully saturated rings. The quantitative estimate of drug-likeness (QED) is 0.603. The Morgan fingerprint density at radius 2 is 1.67 bits per heavy atom. The Hall–Kier alpha value is -1.87. The van der Waals surface area contributed by atoms with Gasteiger partial charge in [-0.1, -0.05) is 30.3 Å². The summed E-state index contributed by atoms with van der Waals surface area (Å²) in [6.07, 6.45) is 0. The van der Waals surface area contributed by atoms with Gasteiger partial charge in [0.2, 0.25) is 0 Å². The van der Waals surface area contributed by atoms with Crippen molar-refractivity contribution in [1.82, 2.24) is 0 Å². The summed E-state index contributed by atoms with van der Waals surface area (Å²) in [5.41, 5.74) is 1.59. The maximum Gasteiger partial charge on any atom is 0.118 e. The SMILES string of the molecule is COc1ccc(CCl)cc1.O=Nc1ccccc1. The molecule has 94 valence electrons. The molecule has 18 heavy (non-hydrogen) atoms. The van der Waals surface area contributed by atoms with Gasteiger partial charge >= 0.3 is 0 Å². The number of halogens is 1. The lowest BCUT2D eigenvalue weighted by atomic mass is 10.2. The van der Waals surface area contributed by atoms with E-state index in [9.17, 15) is 4.91 Å². The predicted molar refractivity (Wildman–Crippen MR) is 74.4 cm³/mol. The topological polar surface area (TPSA) is 38.7 Å². The number of benzene rings is 2. The van der Waals surface area contributed by atoms with Crippen molar-refractivity contribution in [2.75, 3.05) is 7.11 Å². The molecule has 0 radical (unpaired) electrons. The average Bonchev–Trinajstić information content (AvgIpc) is 2.49. The standard InChI is InChI=1S/C8H9ClO.C6H5NO/c1-10-8-4-2-7(6-9)3-5-8;8-7-6-4-2-1-3-5-6/h2-5H,6H2,1H3;1-5H. The molecule has 0 saturated carbocycles. The Bertz CT molecular complexity index is 434. The number of ether oxygens (including phenoxy) is 1. The van der Waals surface area contributed by atoms with Crippen LogP contribution < -0.4 is 4.74 Å². The first-order chi connectivity index (χ1) is 8.80. The second-order valence-corrected chi connectivity index (χ2v) is 3.68. The fourth-order valence-electron chi connectivity index (χ4n) is 1.20. The molecule has 0 aliphatic rings. The summed E-state index contributed by atoms with van der Waals surface area (Å²) in [4.78, 5) is 9.76. The largest absolute Gasteiger partial charge is 0.497 e. The van der Waals surface area contributed by atoms with Crippen molar-refractivity contribution < 1.29 is 4.74 Å². The van der Waals surface area contributed by atoms with Gasteiger partial charge in [0.25, 0.3) is 0 Å². The van der Waals surface area contributed by atoms with Gasteiger partial charge in [0.15, 0.2) is 0 Å². The van der Waals surface area contributed by atoms with Crippen LogP contribution >= 0.6 is 11.6 Å². The summed E-state index contributed by atoms with van der Waals surface area (Å²) in [5.74, 6) is 1.43. The number of alkyl halides is 1. The molecule has 0 spiro atoms. The summed E-state index contributed by atoms with van der Waals surface area (Å²) >= 11 is 5.58. The van der Waals surface area contributed by atoms with E-state index in [-0.39, 0.29) is 0 Å². The molecule has 2 aromatic rings. The summed E-state index contributed by atoms with van der Waals surface area (Å²) in [6, 6.07) is 16.4. The van der Waals surface area contributed by atoms with Crippen molar-refractivity contribution >= 4 is 17.3 Å². The predicted octanol–water partition coefficient (Wildman–Crippen LogP) is 4.52. The molecule has 0 heterocycles. The van der Waals surface area contributed by atoms with Crippen LogP contribution in [0.15, 0.2) is 59.8 Å². The highest BCUT2D eigenvalue weighted by Crippen LogP contribution is 2.12. The molecule has 0 aliphatic heterocycles. The van der Waals surface area contributed by atoms with Crippen molar-refractivity contribution in [2.45, 2.75) is 5.88 Å². The Morgan fingerprint density at radius 3 is 2.06 bits per heavy atom. The maximum absolute atomic E-state index is 9.76. The van der Waals surface area contributed by atoms with Gasteiger partial charge in [0.05, 0.1) is 7.11 Å². The highest BCUT2D eigenvalue weighted by Gasteiger charge is 1.90. The zero-order valence-corrected chi connectivity index (χ0v) is 10.8. The summed E-state index contributed by atoms with van der Waals surface area (Å²) < 4.78 is 4.97. The van der Waals surface area contributed by atoms with Crippen LogP contribution in [0.1, 0.15) is 5.56 Å². The fraction of sp³-hybridized carbons (Fsp3) is 0.143. The average molecular weight is 264 g/mol. The smallest absolute Gasteiger partial charge is 0.118 e. The lowest BCUT2D eigenvalue weighted by Crippen LogP contribution is -1.82. The molecule has 0 bridgehead atoms. The number of nitroso groups, excluding NO2 is 1. The molecule has 2 aromatic carbocycles. The third-order valence-corrected chi connectivity index (χ3v) is 2.48. The van der Waals surface area contributed by atoms with E-state index in [1.165, 1.54) is 0 Å². The molecular weight excluding hydrogens is 250 g/mol. The minimum atomic E-state index is 0.479. The third kappa shape index (κ3) is 4.97. The minimum absolute atomic E-state index is 0.479. The van der Waals surface area contributed by atoms with E-state index in [1.54, 1.807) is 31.4 Å². The first-order valence-electron chi connectivity index (χ1n) is 5.37. The molecule has 0 N–H and O–H groups in total. The van der Waals surface area contributed by atoms with Crippen LogP contribution in [0, 0.1) is 4.91 Å². The molecule has 0 aromatic heterocycles. The van der Waals surface area contributed by atoms with Gasteiger partial charge in [0, 0.05) is 5.88 Å². The summed E-state index contributed by atoms with van der Waals surface area (Å²) in [5, 5.41) is 2.72. The van der Waals surface area contributed by atoms with Crippen LogP contribution in [0.2, 0.25) is 0 Å². The Balaban J connectivity index is 0.000000184. The molecule has 0 aliphatic carbocycles. The van der Waals surface area contributed by atoms with Gasteiger partial charge in [-0.25, -0.2) is 0 Å². The lowest BCUT2D eigenvalue weighted by molar-refractivity contribution is 0.414. The first-order valence-corrected chi connectivity index (χ1v) is 5.91. The van der Waals surface area contributed by atoms with E-state index in [2.05, 4.69) is 5.18 Å². The van der Waals surface area contributed by atoms with Crippen LogP contribution in [0.3, 0.4) is 0 Å². The van der Waals surface area contributed by atoms with Gasteiger partial charge in [-0.3, -0.25) is 0 Å². The van der Waals surface area contributed by atoms with Crippen molar-refractivity contribution in [3.8, 4) is 5.75 Å². The van der Waals surface area contributed by atoms with Gasteiger partial charge in [-0.05, 0) is 35.0 Å². The normalized spacial score (nSPS) is 9.00. The van der Waals surface area contributed by atoms with Gasteiger partial charge in [0.1, 0.15) is 11.4 Å². The Kier molecular flexibility index (Phi) is 6.51. The molecule has 4 heteroatoms. The molecule has 0 saturated heterocycles. The number of hydrogen-bond acceptors (Lipinski definition) is 3. The van der Waals surface area contributed by atoms with E-state index in [4.69, 9.17) is 16.3 Å². The van der Waals surface area contributed by atoms with E-state index in [1.807, 2.05) is 30.3 Å². The number of rotatable bonds is 3. The molecular formula is C14H14ClNO2. The number of hydrogen-bond donors (Lipinski definition) is 0. The van der Waals surface area contributed by atoms with Crippen LogP contribution in [0.25, 0.3) is 0 Å². The van der Waals surface area contributed by atoms with Gasteiger partial charge in [-0.2, -0.15) is 0 Å². The highest BCUT2D eigenvalue weighted by atomic mass is 35.5. The molecule has 0 amide bonds. The first kappa shape index (κ1) is 14.2. The Labute approximate surface area is 111 Å². The van der Waals surface area contributed by atoms with Crippen LogP contribution in [0.5, 0.6) is 5.75 Å². The van der Waals surface area contributed by atoms with Crippen LogP contribution in [0.4, 0.5) is 5.69 Å². The highest BCUT2D eigenvalue weighted by molar-refractivity contribution is 6.17. The van der Waals surface area contributed by atoms with Crippen LogP contribution in [-0.2, 0) is 5.88 Å². The lowest BCUT2D eigenvalue weighted by Gasteiger charge is -1.98. The maximum atomic E-state index is 9.76. The van der Waals surface area contributed by atoms with Crippen molar-refractivity contribution in [2.24, 2.45) is 5.18 Å². The molecule has 0 atom stereocenters. The molecule has 0 unspecified atom stereocenters.